The summed E-state index contributed by atoms with van der Waals surface area (Å²) >= 11 is 0. The molecule has 0 atom stereocenters. The Labute approximate surface area is 127 Å². The van der Waals surface area contributed by atoms with Crippen LogP contribution in [0.4, 0.5) is 0 Å². The van der Waals surface area contributed by atoms with Crippen LogP contribution >= 0.6 is 0 Å². The minimum atomic E-state index is 0. The van der Waals surface area contributed by atoms with Crippen molar-refractivity contribution in [1.82, 2.24) is 0 Å². The summed E-state index contributed by atoms with van der Waals surface area (Å²) in [6, 6.07) is 0. The molecule has 0 aromatic rings. The number of ether oxygens (including phenoxy) is 2. The first kappa shape index (κ1) is 20.1. The normalized spacial score (nSPS) is 21.4. The molecule has 2 saturated heterocycles. The Hall–Kier alpha value is 0.782. The van der Waals surface area contributed by atoms with Crippen molar-refractivity contribution in [3.8, 4) is 0 Å². The van der Waals surface area contributed by atoms with Gasteiger partial charge in [-0.1, -0.05) is 12.8 Å². The molecule has 5 heteroatoms. The largest absolute Gasteiger partial charge is 0.551 e. The Balaban J connectivity index is 0. The molecule has 17 heavy (non-hydrogen) atoms. The molecule has 0 amide bonds. The number of hydrogen-bond acceptors (Lipinski definition) is 2. The fourth-order valence-electron chi connectivity index (χ4n) is 1.59. The van der Waals surface area contributed by atoms with Crippen LogP contribution in [-0.4, -0.2) is 33.7 Å². The predicted octanol–water partition coefficient (Wildman–Crippen LogP) is 0.419. The molecular weight excluding hydrogens is 427 g/mol. The summed E-state index contributed by atoms with van der Waals surface area (Å²) in [6.45, 7) is 8.97. The number of hydrogen-bond donors (Lipinski definition) is 0. The van der Waals surface area contributed by atoms with E-state index in [-0.39, 0.29) is 21.1 Å². The van der Waals surface area contributed by atoms with Gasteiger partial charge in [0.2, 0.25) is 0 Å². The maximum atomic E-state index is 5.26. The van der Waals surface area contributed by atoms with E-state index in [1.54, 1.807) is 0 Å². The summed E-state index contributed by atoms with van der Waals surface area (Å²) in [4.78, 5) is 0. The van der Waals surface area contributed by atoms with Crippen LogP contribution < -0.4 is 0 Å². The van der Waals surface area contributed by atoms with Gasteiger partial charge in [-0.05, 0) is 12.8 Å². The van der Waals surface area contributed by atoms with Crippen LogP contribution in [0, 0.1) is 18.0 Å². The summed E-state index contributed by atoms with van der Waals surface area (Å²) in [5, 5.41) is 0. The van der Waals surface area contributed by atoms with Crippen LogP contribution in [0.2, 0.25) is 0 Å². The van der Waals surface area contributed by atoms with Crippen LogP contribution in [-0.2, 0) is 30.5 Å². The van der Waals surface area contributed by atoms with E-state index in [9.17, 15) is 0 Å². The molecule has 2 heterocycles. The van der Waals surface area contributed by atoms with Gasteiger partial charge in [0, 0.05) is 13.2 Å². The molecule has 0 radical (unpaired) electrons. The van der Waals surface area contributed by atoms with Gasteiger partial charge in [0.15, 0.2) is 0 Å². The van der Waals surface area contributed by atoms with E-state index in [4.69, 9.17) is 9.47 Å². The van der Waals surface area contributed by atoms with Crippen molar-refractivity contribution in [2.75, 3.05) is 13.2 Å². The molecule has 2 nitrogen and oxygen atoms in total. The quantitative estimate of drug-likeness (QED) is 0.391. The van der Waals surface area contributed by atoms with Gasteiger partial charge in [0.25, 0.3) is 0 Å². The van der Waals surface area contributed by atoms with Gasteiger partial charge < -0.3 is 16.1 Å². The summed E-state index contributed by atoms with van der Waals surface area (Å²) in [7, 11) is 2.29. The van der Waals surface area contributed by atoms with Gasteiger partial charge in [-0.2, -0.15) is 12.8 Å². The molecule has 0 aromatic carbocycles. The molecule has 0 bridgehead atoms. The maximum absolute atomic E-state index is 5.26. The second kappa shape index (κ2) is 14.8. The van der Waals surface area contributed by atoms with E-state index in [2.05, 4.69) is 13.2 Å². The van der Waals surface area contributed by atoms with Gasteiger partial charge in [-0.15, -0.1) is 20.5 Å². The molecule has 0 aliphatic carbocycles. The van der Waals surface area contributed by atoms with E-state index in [0.717, 1.165) is 33.7 Å². The van der Waals surface area contributed by atoms with E-state index >= 15 is 0 Å². The van der Waals surface area contributed by atoms with Crippen molar-refractivity contribution >= 4 is 20.5 Å². The minimum absolute atomic E-state index is 0. The Morgan fingerprint density at radius 2 is 1.18 bits per heavy atom. The van der Waals surface area contributed by atoms with Gasteiger partial charge in [0.1, 0.15) is 0 Å². The molecular formula is C12H26O2PtSi2-3. The van der Waals surface area contributed by atoms with Crippen molar-refractivity contribution in [2.24, 2.45) is 0 Å². The summed E-state index contributed by atoms with van der Waals surface area (Å²) in [5.41, 5.74) is 2.71. The number of rotatable bonds is 0. The fraction of sp³-hybridized carbons (Fsp3) is 0.667. The Bertz CT molecular complexity index is 133. The molecule has 2 rings (SSSR count). The topological polar surface area (TPSA) is 18.5 Å². The summed E-state index contributed by atoms with van der Waals surface area (Å²) in [5.74, 6) is 0. The SMILES string of the molecule is [CH-]=C.[PtH].[SiH3][C-]1CCCCO1.[SiH3][C-]1CCCCO1. The van der Waals surface area contributed by atoms with E-state index in [1.165, 1.54) is 50.0 Å². The zero-order valence-corrected chi connectivity index (χ0v) is 17.5. The molecule has 0 unspecified atom stereocenters. The average Bonchev–Trinajstić information content (AvgIpc) is 2.34. The van der Waals surface area contributed by atoms with E-state index in [1.807, 2.05) is 0 Å². The Morgan fingerprint density at radius 3 is 1.29 bits per heavy atom. The Morgan fingerprint density at radius 1 is 0.824 bits per heavy atom. The molecule has 0 aromatic heterocycles. The molecule has 0 saturated carbocycles. The molecule has 0 spiro atoms. The predicted molar refractivity (Wildman–Crippen MR) is 77.3 cm³/mol. The first-order chi connectivity index (χ1) is 7.79. The molecule has 2 fully saturated rings. The first-order valence-electron chi connectivity index (χ1n) is 6.10. The second-order valence-electron chi connectivity index (χ2n) is 4.02. The fourth-order valence-corrected chi connectivity index (χ4v) is 2.70. The van der Waals surface area contributed by atoms with Crippen LogP contribution in [0.5, 0.6) is 0 Å². The molecule has 0 N–H and O–H groups in total. The summed E-state index contributed by atoms with van der Waals surface area (Å²) in [6.07, 6.45) is 7.74. The zero-order chi connectivity index (χ0) is 12.2. The zero-order valence-electron chi connectivity index (χ0n) is 11.1. The molecule has 107 valence electrons. The van der Waals surface area contributed by atoms with E-state index in [0.29, 0.717) is 0 Å². The van der Waals surface area contributed by atoms with Crippen LogP contribution in [0.25, 0.3) is 0 Å². The van der Waals surface area contributed by atoms with Gasteiger partial charge >= 0.3 is 21.1 Å². The third kappa shape index (κ3) is 13.0. The first-order valence-corrected chi connectivity index (χ1v) is 8.10. The van der Waals surface area contributed by atoms with Crippen molar-refractivity contribution in [3.05, 3.63) is 24.6 Å². The molecule has 2 aliphatic heterocycles. The smallest absolute Gasteiger partial charge is 0.0111 e. The second-order valence-corrected chi connectivity index (χ2v) is 6.25. The summed E-state index contributed by atoms with van der Waals surface area (Å²) < 4.78 is 10.5. The average molecular weight is 454 g/mol. The van der Waals surface area contributed by atoms with E-state index < -0.39 is 0 Å². The van der Waals surface area contributed by atoms with Gasteiger partial charge in [0.05, 0.1) is 0 Å². The van der Waals surface area contributed by atoms with Crippen molar-refractivity contribution in [2.45, 2.75) is 38.5 Å². The molecule has 2 aliphatic rings. The van der Waals surface area contributed by atoms with Crippen molar-refractivity contribution in [1.29, 1.82) is 0 Å². The van der Waals surface area contributed by atoms with Gasteiger partial charge in [-0.3, -0.25) is 6.58 Å². The van der Waals surface area contributed by atoms with Crippen LogP contribution in [0.15, 0.2) is 6.58 Å². The van der Waals surface area contributed by atoms with Gasteiger partial charge in [-0.25, -0.2) is 11.5 Å². The maximum Gasteiger partial charge on any atom is 0.0111 e. The minimum Gasteiger partial charge on any atom is -0.551 e. The van der Waals surface area contributed by atoms with Crippen LogP contribution in [0.1, 0.15) is 38.5 Å². The van der Waals surface area contributed by atoms with Crippen molar-refractivity contribution < 1.29 is 30.5 Å². The monoisotopic (exact) mass is 453 g/mol. The standard InChI is InChI=1S/2C5H11OSi.C2H3.Pt.H/c2*7-5-3-1-2-4-6-5;1-2;;/h2*1-4H2,7H3;1H,2H2;;/q3*-1;;. The Kier molecular flexibility index (Phi) is 17.6. The van der Waals surface area contributed by atoms with Crippen LogP contribution in [0.3, 0.4) is 0 Å². The van der Waals surface area contributed by atoms with Crippen molar-refractivity contribution in [3.63, 3.8) is 0 Å². The third-order valence-corrected chi connectivity index (χ3v) is 4.12. The third-order valence-electron chi connectivity index (χ3n) is 2.54.